The number of hydrogen-bond donors (Lipinski definition) is 0. The number of methoxy groups -OCH3 is 4. The molecule has 4 heteroatoms. The van der Waals surface area contributed by atoms with E-state index in [9.17, 15) is 0 Å². The fourth-order valence-electron chi connectivity index (χ4n) is 2.09. The maximum atomic E-state index is 5.22. The molecule has 0 aliphatic rings. The van der Waals surface area contributed by atoms with Crippen LogP contribution in [0.25, 0.3) is 0 Å². The second-order valence-corrected chi connectivity index (χ2v) is 5.07. The van der Waals surface area contributed by atoms with Crippen molar-refractivity contribution in [3.63, 3.8) is 0 Å². The molecule has 0 atom stereocenters. The molecule has 2 aromatic rings. The maximum absolute atomic E-state index is 5.22. The molecular formula is C22H20O4. The Labute approximate surface area is 154 Å². The Morgan fingerprint density at radius 1 is 0.538 bits per heavy atom. The van der Waals surface area contributed by atoms with Gasteiger partial charge in [0.25, 0.3) is 0 Å². The van der Waals surface area contributed by atoms with Crippen LogP contribution in [0.15, 0.2) is 48.6 Å². The quantitative estimate of drug-likeness (QED) is 0.790. The lowest BCUT2D eigenvalue weighted by Gasteiger charge is -2.04. The van der Waals surface area contributed by atoms with Crippen molar-refractivity contribution in [2.24, 2.45) is 0 Å². The first-order chi connectivity index (χ1) is 12.7. The molecule has 0 bridgehead atoms. The third kappa shape index (κ3) is 5.54. The molecule has 0 unspecified atom stereocenters. The van der Waals surface area contributed by atoms with Gasteiger partial charge in [-0.25, -0.2) is 0 Å². The zero-order valence-corrected chi connectivity index (χ0v) is 15.3. The molecule has 0 aliphatic heterocycles. The Hall–Kier alpha value is -3.50. The summed E-state index contributed by atoms with van der Waals surface area (Å²) in [5.41, 5.74) is 1.60. The topological polar surface area (TPSA) is 36.9 Å². The van der Waals surface area contributed by atoms with Crippen LogP contribution in [0.1, 0.15) is 11.1 Å². The molecule has 0 spiro atoms. The van der Waals surface area contributed by atoms with Gasteiger partial charge in [-0.05, 0) is 36.4 Å². The van der Waals surface area contributed by atoms with Crippen LogP contribution in [0.4, 0.5) is 0 Å². The predicted molar refractivity (Wildman–Crippen MR) is 102 cm³/mol. The molecule has 0 heterocycles. The molecule has 4 nitrogen and oxygen atoms in total. The van der Waals surface area contributed by atoms with E-state index >= 15 is 0 Å². The lowest BCUT2D eigenvalue weighted by Crippen LogP contribution is -1.88. The molecule has 0 aliphatic carbocycles. The van der Waals surface area contributed by atoms with Gasteiger partial charge in [0.1, 0.15) is 23.0 Å². The minimum atomic E-state index is 0.699. The van der Waals surface area contributed by atoms with Gasteiger partial charge in [-0.2, -0.15) is 0 Å². The summed E-state index contributed by atoms with van der Waals surface area (Å²) < 4.78 is 20.9. The molecule has 2 rings (SSSR count). The van der Waals surface area contributed by atoms with Gasteiger partial charge < -0.3 is 18.9 Å². The molecular weight excluding hydrogens is 328 g/mol. The largest absolute Gasteiger partial charge is 0.497 e. The van der Waals surface area contributed by atoms with E-state index in [1.807, 2.05) is 24.3 Å². The van der Waals surface area contributed by atoms with Crippen molar-refractivity contribution in [2.45, 2.75) is 0 Å². The van der Waals surface area contributed by atoms with Gasteiger partial charge in [-0.15, -0.1) is 0 Å². The highest BCUT2D eigenvalue weighted by Crippen LogP contribution is 2.22. The zero-order chi connectivity index (χ0) is 18.8. The highest BCUT2D eigenvalue weighted by molar-refractivity contribution is 5.49. The fraction of sp³-hybridized carbons (Fsp3) is 0.182. The van der Waals surface area contributed by atoms with E-state index in [1.54, 1.807) is 52.7 Å². The summed E-state index contributed by atoms with van der Waals surface area (Å²) in [5.74, 6) is 14.7. The number of rotatable bonds is 4. The van der Waals surface area contributed by atoms with Crippen LogP contribution in [-0.4, -0.2) is 28.4 Å². The van der Waals surface area contributed by atoms with E-state index in [4.69, 9.17) is 18.9 Å². The summed E-state index contributed by atoms with van der Waals surface area (Å²) in [6, 6.07) is 11.0. The van der Waals surface area contributed by atoms with Crippen molar-refractivity contribution < 1.29 is 18.9 Å². The average molecular weight is 348 g/mol. The highest BCUT2D eigenvalue weighted by Gasteiger charge is 1.99. The molecule has 0 fully saturated rings. The highest BCUT2D eigenvalue weighted by atomic mass is 16.5. The first-order valence-corrected chi connectivity index (χ1v) is 7.82. The number of hydrogen-bond acceptors (Lipinski definition) is 4. The van der Waals surface area contributed by atoms with Crippen molar-refractivity contribution in [1.82, 2.24) is 0 Å². The molecule has 0 saturated heterocycles. The molecule has 0 amide bonds. The van der Waals surface area contributed by atoms with Crippen molar-refractivity contribution in [3.8, 4) is 46.7 Å². The molecule has 0 saturated carbocycles. The van der Waals surface area contributed by atoms with Gasteiger partial charge >= 0.3 is 0 Å². The summed E-state index contributed by atoms with van der Waals surface area (Å²) in [4.78, 5) is 0. The van der Waals surface area contributed by atoms with Crippen LogP contribution in [0, 0.1) is 23.7 Å². The number of ether oxygens (including phenoxy) is 4. The summed E-state index contributed by atoms with van der Waals surface area (Å²) in [6.45, 7) is 0. The number of benzene rings is 2. The van der Waals surface area contributed by atoms with E-state index in [0.717, 1.165) is 11.1 Å². The third-order valence-corrected chi connectivity index (χ3v) is 3.39. The maximum Gasteiger partial charge on any atom is 0.123 e. The van der Waals surface area contributed by atoms with Crippen LogP contribution < -0.4 is 18.9 Å². The summed E-state index contributed by atoms with van der Waals surface area (Å²) >= 11 is 0. The standard InChI is InChI=1S/C22H20O4/c1-23-19-11-17(12-20(15-19)24-2)9-7-5-6-8-10-18-13-21(25-3)16-22(14-18)26-4/h5-6,11-16H,1-4H3/b6-5-. The Morgan fingerprint density at radius 2 is 0.846 bits per heavy atom. The average Bonchev–Trinajstić information content (AvgIpc) is 2.69. The van der Waals surface area contributed by atoms with Crippen LogP contribution >= 0.6 is 0 Å². The SMILES string of the molecule is COc1cc(C#C/C=C\C#Cc2cc(OC)cc(OC)c2)cc(OC)c1. The van der Waals surface area contributed by atoms with Gasteiger partial charge in [0.15, 0.2) is 0 Å². The number of allylic oxidation sites excluding steroid dienone is 2. The molecule has 0 radical (unpaired) electrons. The van der Waals surface area contributed by atoms with E-state index in [0.29, 0.717) is 23.0 Å². The first kappa shape index (κ1) is 18.8. The molecule has 26 heavy (non-hydrogen) atoms. The minimum Gasteiger partial charge on any atom is -0.497 e. The Morgan fingerprint density at radius 3 is 1.12 bits per heavy atom. The van der Waals surface area contributed by atoms with E-state index in [-0.39, 0.29) is 0 Å². The summed E-state index contributed by atoms with van der Waals surface area (Å²) in [6.07, 6.45) is 3.38. The van der Waals surface area contributed by atoms with Crippen molar-refractivity contribution >= 4 is 0 Å². The second kappa shape index (κ2) is 9.71. The third-order valence-electron chi connectivity index (χ3n) is 3.39. The molecule has 0 N–H and O–H groups in total. The van der Waals surface area contributed by atoms with Crippen LogP contribution in [0.3, 0.4) is 0 Å². The van der Waals surface area contributed by atoms with E-state index in [2.05, 4.69) is 23.7 Å². The monoisotopic (exact) mass is 348 g/mol. The lowest BCUT2D eigenvalue weighted by molar-refractivity contribution is 0.394. The van der Waals surface area contributed by atoms with Crippen LogP contribution in [-0.2, 0) is 0 Å². The van der Waals surface area contributed by atoms with Gasteiger partial charge in [-0.3, -0.25) is 0 Å². The summed E-state index contributed by atoms with van der Waals surface area (Å²) in [7, 11) is 6.42. The van der Waals surface area contributed by atoms with Gasteiger partial charge in [-0.1, -0.05) is 23.7 Å². The van der Waals surface area contributed by atoms with Crippen molar-refractivity contribution in [1.29, 1.82) is 0 Å². The van der Waals surface area contributed by atoms with Gasteiger partial charge in [0.05, 0.1) is 28.4 Å². The van der Waals surface area contributed by atoms with E-state index < -0.39 is 0 Å². The Bertz CT molecular complexity index is 785. The van der Waals surface area contributed by atoms with Crippen LogP contribution in [0.2, 0.25) is 0 Å². The summed E-state index contributed by atoms with van der Waals surface area (Å²) in [5, 5.41) is 0. The molecule has 132 valence electrons. The van der Waals surface area contributed by atoms with Gasteiger partial charge in [0, 0.05) is 23.3 Å². The lowest BCUT2D eigenvalue weighted by atomic mass is 10.2. The first-order valence-electron chi connectivity index (χ1n) is 7.82. The van der Waals surface area contributed by atoms with E-state index in [1.165, 1.54) is 0 Å². The minimum absolute atomic E-state index is 0.699. The fourth-order valence-corrected chi connectivity index (χ4v) is 2.09. The molecule has 0 aromatic heterocycles. The zero-order valence-electron chi connectivity index (χ0n) is 15.3. The molecule has 2 aromatic carbocycles. The normalized spacial score (nSPS) is 9.54. The van der Waals surface area contributed by atoms with Crippen molar-refractivity contribution in [2.75, 3.05) is 28.4 Å². The second-order valence-electron chi connectivity index (χ2n) is 5.07. The van der Waals surface area contributed by atoms with Gasteiger partial charge in [0.2, 0.25) is 0 Å². The van der Waals surface area contributed by atoms with Crippen molar-refractivity contribution in [3.05, 3.63) is 59.7 Å². The van der Waals surface area contributed by atoms with Crippen LogP contribution in [0.5, 0.6) is 23.0 Å². The smallest absolute Gasteiger partial charge is 0.123 e. The Balaban J connectivity index is 2.10. The predicted octanol–water partition coefficient (Wildman–Crippen LogP) is 3.68. The Kier molecular flexibility index (Phi) is 7.04.